The van der Waals surface area contributed by atoms with Crippen molar-refractivity contribution in [2.75, 3.05) is 11.1 Å². The van der Waals surface area contributed by atoms with Gasteiger partial charge in [-0.3, -0.25) is 4.79 Å². The van der Waals surface area contributed by atoms with E-state index in [-0.39, 0.29) is 24.5 Å². The summed E-state index contributed by atoms with van der Waals surface area (Å²) in [6, 6.07) is 14.8. The first-order valence-corrected chi connectivity index (χ1v) is 11.5. The summed E-state index contributed by atoms with van der Waals surface area (Å²) in [7, 11) is -3.37. The van der Waals surface area contributed by atoms with Crippen molar-refractivity contribution in [3.8, 4) is 11.3 Å². The molecule has 0 aliphatic rings. The number of rotatable bonds is 7. The number of hydrogen-bond acceptors (Lipinski definition) is 5. The van der Waals surface area contributed by atoms with Crippen LogP contribution in [0.15, 0.2) is 58.8 Å². The summed E-state index contributed by atoms with van der Waals surface area (Å²) >= 11 is 1.35. The molecule has 5 nitrogen and oxygen atoms in total. The second kappa shape index (κ2) is 8.67. The Balaban J connectivity index is 1.52. The number of aryl methyl sites for hydroxylation is 2. The summed E-state index contributed by atoms with van der Waals surface area (Å²) in [5.74, 6) is -0.292. The van der Waals surface area contributed by atoms with E-state index in [1.807, 2.05) is 43.5 Å². The highest BCUT2D eigenvalue weighted by Gasteiger charge is 2.15. The van der Waals surface area contributed by atoms with Gasteiger partial charge in [0.2, 0.25) is 5.91 Å². The highest BCUT2D eigenvalue weighted by atomic mass is 32.2. The van der Waals surface area contributed by atoms with Gasteiger partial charge in [0.1, 0.15) is 0 Å². The van der Waals surface area contributed by atoms with Crippen LogP contribution in [0.5, 0.6) is 0 Å². The third kappa shape index (κ3) is 5.27. The molecule has 0 atom stereocenters. The Morgan fingerprint density at radius 3 is 2.25 bits per heavy atom. The van der Waals surface area contributed by atoms with Gasteiger partial charge in [0.15, 0.2) is 15.0 Å². The van der Waals surface area contributed by atoms with Gasteiger partial charge in [-0.1, -0.05) is 47.5 Å². The van der Waals surface area contributed by atoms with Gasteiger partial charge in [-0.15, -0.1) is 11.3 Å². The fraction of sp³-hybridized carbons (Fsp3) is 0.238. The number of carbonyl (C=O) groups is 1. The van der Waals surface area contributed by atoms with E-state index in [0.29, 0.717) is 10.0 Å². The molecule has 28 heavy (non-hydrogen) atoms. The van der Waals surface area contributed by atoms with Crippen LogP contribution in [0, 0.1) is 13.8 Å². The molecule has 146 valence electrons. The Morgan fingerprint density at radius 1 is 1.00 bits per heavy atom. The normalized spacial score (nSPS) is 11.4. The Kier molecular flexibility index (Phi) is 6.26. The van der Waals surface area contributed by atoms with Gasteiger partial charge in [-0.05, 0) is 32.4 Å². The molecule has 0 unspecified atom stereocenters. The first-order valence-electron chi connectivity index (χ1n) is 8.95. The highest BCUT2D eigenvalue weighted by molar-refractivity contribution is 7.91. The number of carbonyl (C=O) groups excluding carboxylic acids is 1. The zero-order valence-electron chi connectivity index (χ0n) is 15.8. The average Bonchev–Trinajstić information content (AvgIpc) is 3.11. The lowest BCUT2D eigenvalue weighted by atomic mass is 10.1. The van der Waals surface area contributed by atoms with E-state index >= 15 is 0 Å². The molecule has 1 amide bonds. The zero-order chi connectivity index (χ0) is 20.1. The van der Waals surface area contributed by atoms with Crippen LogP contribution in [0.3, 0.4) is 0 Å². The minimum atomic E-state index is -3.37. The molecule has 0 radical (unpaired) electrons. The smallest absolute Gasteiger partial charge is 0.226 e. The molecule has 0 fully saturated rings. The minimum Gasteiger partial charge on any atom is -0.302 e. The lowest BCUT2D eigenvalue weighted by molar-refractivity contribution is -0.116. The Morgan fingerprint density at radius 2 is 1.61 bits per heavy atom. The number of nitrogens with one attached hydrogen (secondary N) is 1. The molecule has 2 aromatic carbocycles. The van der Waals surface area contributed by atoms with Crippen molar-refractivity contribution in [2.45, 2.75) is 31.6 Å². The van der Waals surface area contributed by atoms with Crippen molar-refractivity contribution in [3.05, 3.63) is 65.0 Å². The summed E-state index contributed by atoms with van der Waals surface area (Å²) in [4.78, 5) is 16.9. The molecule has 1 heterocycles. The average molecular weight is 415 g/mol. The molecule has 1 N–H and O–H groups in total. The van der Waals surface area contributed by atoms with Gasteiger partial charge in [0.25, 0.3) is 0 Å². The second-order valence-corrected chi connectivity index (χ2v) is 9.65. The predicted octanol–water partition coefficient (Wildman–Crippen LogP) is 4.62. The maximum Gasteiger partial charge on any atom is 0.226 e. The fourth-order valence-corrected chi connectivity index (χ4v) is 4.70. The first kappa shape index (κ1) is 20.2. The van der Waals surface area contributed by atoms with Crippen molar-refractivity contribution >= 4 is 32.2 Å². The molecule has 0 saturated heterocycles. The monoisotopic (exact) mass is 414 g/mol. The first-order chi connectivity index (χ1) is 13.3. The number of amides is 1. The zero-order valence-corrected chi connectivity index (χ0v) is 17.4. The molecule has 0 aliphatic carbocycles. The maximum atomic E-state index is 12.3. The van der Waals surface area contributed by atoms with Crippen LogP contribution in [0.1, 0.15) is 24.0 Å². The third-order valence-corrected chi connectivity index (χ3v) is 6.87. The molecule has 0 spiro atoms. The van der Waals surface area contributed by atoms with Crippen molar-refractivity contribution in [1.29, 1.82) is 0 Å². The quantitative estimate of drug-likeness (QED) is 0.612. The van der Waals surface area contributed by atoms with Crippen molar-refractivity contribution in [1.82, 2.24) is 4.98 Å². The van der Waals surface area contributed by atoms with Crippen LogP contribution < -0.4 is 5.32 Å². The van der Waals surface area contributed by atoms with Gasteiger partial charge < -0.3 is 5.32 Å². The number of benzene rings is 2. The summed E-state index contributed by atoms with van der Waals surface area (Å²) in [6.45, 7) is 3.93. The molecule has 0 saturated carbocycles. The van der Waals surface area contributed by atoms with Crippen LogP contribution in [0.25, 0.3) is 11.3 Å². The van der Waals surface area contributed by atoms with Crippen LogP contribution in [0.4, 0.5) is 5.13 Å². The number of anilines is 1. The van der Waals surface area contributed by atoms with Gasteiger partial charge in [-0.25, -0.2) is 13.4 Å². The third-order valence-electron chi connectivity index (χ3n) is 4.29. The van der Waals surface area contributed by atoms with E-state index in [1.165, 1.54) is 16.9 Å². The summed E-state index contributed by atoms with van der Waals surface area (Å²) in [5, 5.41) is 5.16. The van der Waals surface area contributed by atoms with E-state index in [1.54, 1.807) is 24.3 Å². The van der Waals surface area contributed by atoms with Crippen molar-refractivity contribution < 1.29 is 13.2 Å². The highest BCUT2D eigenvalue weighted by Crippen LogP contribution is 2.25. The maximum absolute atomic E-state index is 12.3. The van der Waals surface area contributed by atoms with E-state index in [4.69, 9.17) is 0 Å². The molecule has 3 aromatic rings. The van der Waals surface area contributed by atoms with Gasteiger partial charge in [0, 0.05) is 17.4 Å². The van der Waals surface area contributed by atoms with Crippen LogP contribution in [-0.2, 0) is 14.6 Å². The Bertz CT molecular complexity index is 1050. The summed E-state index contributed by atoms with van der Waals surface area (Å²) in [5.41, 5.74) is 3.98. The number of aromatic nitrogens is 1. The van der Waals surface area contributed by atoms with E-state index in [9.17, 15) is 13.2 Å². The standard InChI is InChI=1S/C21H22N2O3S2/c1-15-5-9-17(10-6-15)19-14-27-21(22-19)23-20(24)4-3-13-28(25,26)18-11-7-16(2)8-12-18/h5-12,14H,3-4,13H2,1-2H3,(H,22,23,24). The molecule has 1 aromatic heterocycles. The van der Waals surface area contributed by atoms with E-state index < -0.39 is 9.84 Å². The summed E-state index contributed by atoms with van der Waals surface area (Å²) < 4.78 is 24.7. The van der Waals surface area contributed by atoms with Gasteiger partial charge >= 0.3 is 0 Å². The second-order valence-electron chi connectivity index (χ2n) is 6.69. The Labute approximate surface area is 169 Å². The molecular weight excluding hydrogens is 392 g/mol. The molecule has 7 heteroatoms. The molecular formula is C21H22N2O3S2. The van der Waals surface area contributed by atoms with Crippen molar-refractivity contribution in [3.63, 3.8) is 0 Å². The lowest BCUT2D eigenvalue weighted by Crippen LogP contribution is -2.14. The SMILES string of the molecule is Cc1ccc(-c2csc(NC(=O)CCCS(=O)(=O)c3ccc(C)cc3)n2)cc1. The minimum absolute atomic E-state index is 0.0596. The molecule has 0 bridgehead atoms. The van der Waals surface area contributed by atoms with E-state index in [2.05, 4.69) is 10.3 Å². The number of hydrogen-bond donors (Lipinski definition) is 1. The molecule has 0 aliphatic heterocycles. The summed E-state index contributed by atoms with van der Waals surface area (Å²) in [6.07, 6.45) is 0.392. The van der Waals surface area contributed by atoms with E-state index in [0.717, 1.165) is 16.8 Å². The largest absolute Gasteiger partial charge is 0.302 e. The topological polar surface area (TPSA) is 76.1 Å². The van der Waals surface area contributed by atoms with Crippen LogP contribution >= 0.6 is 11.3 Å². The molecule has 3 rings (SSSR count). The van der Waals surface area contributed by atoms with Crippen LogP contribution in [-0.4, -0.2) is 25.1 Å². The number of sulfone groups is 1. The van der Waals surface area contributed by atoms with Crippen molar-refractivity contribution in [2.24, 2.45) is 0 Å². The van der Waals surface area contributed by atoms with Gasteiger partial charge in [0.05, 0.1) is 16.3 Å². The Hall–Kier alpha value is -2.51. The predicted molar refractivity (Wildman–Crippen MR) is 113 cm³/mol. The number of thiazole rings is 1. The number of nitrogens with zero attached hydrogens (tertiary/aromatic N) is 1. The fourth-order valence-electron chi connectivity index (χ4n) is 2.66. The van der Waals surface area contributed by atoms with Gasteiger partial charge in [-0.2, -0.15) is 0 Å². The lowest BCUT2D eigenvalue weighted by Gasteiger charge is -2.05. The van der Waals surface area contributed by atoms with Crippen LogP contribution in [0.2, 0.25) is 0 Å².